The van der Waals surface area contributed by atoms with Crippen LogP contribution in [-0.4, -0.2) is 25.3 Å². The molecule has 0 fully saturated rings. The maximum Gasteiger partial charge on any atom is 0.161 e. The molecule has 4 nitrogen and oxygen atoms in total. The van der Waals surface area contributed by atoms with Gasteiger partial charge >= 0.3 is 0 Å². The summed E-state index contributed by atoms with van der Waals surface area (Å²) in [6.45, 7) is 3.03. The van der Waals surface area contributed by atoms with Crippen molar-refractivity contribution in [2.45, 2.75) is 12.8 Å². The lowest BCUT2D eigenvalue weighted by Crippen LogP contribution is -2.28. The zero-order valence-electron chi connectivity index (χ0n) is 9.81. The molecule has 1 aromatic rings. The quantitative estimate of drug-likeness (QED) is 0.698. The predicted octanol–water partition coefficient (Wildman–Crippen LogP) is 1.04. The van der Waals surface area contributed by atoms with Crippen molar-refractivity contribution in [3.63, 3.8) is 0 Å². The van der Waals surface area contributed by atoms with Crippen molar-refractivity contribution >= 4 is 0 Å². The molecule has 1 atom stereocenters. The van der Waals surface area contributed by atoms with Crippen LogP contribution >= 0.6 is 0 Å². The monoisotopic (exact) mass is 224 g/mol. The molecule has 0 aromatic heterocycles. The van der Waals surface area contributed by atoms with Gasteiger partial charge in [-0.05, 0) is 31.0 Å². The van der Waals surface area contributed by atoms with Gasteiger partial charge < -0.3 is 21.3 Å². The fraction of sp³-hybridized carbons (Fsp3) is 0.500. The third kappa shape index (κ3) is 2.46. The highest BCUT2D eigenvalue weighted by molar-refractivity contribution is 5.47. The standard InChI is InChI=1S/C12H20N2O2/c1-8(9(6-13)7-14)10-4-3-5-11(16-2)12(10)15/h3-5,8-9,15H,6-7,13-14H2,1-2H3. The van der Waals surface area contributed by atoms with Crippen molar-refractivity contribution < 1.29 is 9.84 Å². The number of phenolic OH excluding ortho intramolecular Hbond substituents is 1. The lowest BCUT2D eigenvalue weighted by molar-refractivity contribution is 0.363. The number of rotatable bonds is 5. The highest BCUT2D eigenvalue weighted by Gasteiger charge is 2.20. The molecular weight excluding hydrogens is 204 g/mol. The number of aromatic hydroxyl groups is 1. The first-order chi connectivity index (χ1) is 7.65. The van der Waals surface area contributed by atoms with Gasteiger partial charge in [0.1, 0.15) is 0 Å². The third-order valence-electron chi connectivity index (χ3n) is 3.05. The predicted molar refractivity (Wildman–Crippen MR) is 64.7 cm³/mol. The van der Waals surface area contributed by atoms with Crippen LogP contribution in [0.2, 0.25) is 0 Å². The van der Waals surface area contributed by atoms with E-state index in [4.69, 9.17) is 16.2 Å². The summed E-state index contributed by atoms with van der Waals surface area (Å²) in [7, 11) is 1.53. The lowest BCUT2D eigenvalue weighted by atomic mass is 9.87. The van der Waals surface area contributed by atoms with Gasteiger partial charge in [0.05, 0.1) is 7.11 Å². The minimum Gasteiger partial charge on any atom is -0.504 e. The van der Waals surface area contributed by atoms with E-state index in [1.165, 1.54) is 7.11 Å². The largest absolute Gasteiger partial charge is 0.504 e. The highest BCUT2D eigenvalue weighted by atomic mass is 16.5. The first-order valence-corrected chi connectivity index (χ1v) is 5.41. The van der Waals surface area contributed by atoms with E-state index in [9.17, 15) is 5.11 Å². The fourth-order valence-electron chi connectivity index (χ4n) is 1.83. The van der Waals surface area contributed by atoms with Gasteiger partial charge in [0.15, 0.2) is 11.5 Å². The van der Waals surface area contributed by atoms with Gasteiger partial charge in [0, 0.05) is 5.56 Å². The molecule has 4 heteroatoms. The zero-order chi connectivity index (χ0) is 12.1. The van der Waals surface area contributed by atoms with E-state index in [1.54, 1.807) is 6.07 Å². The van der Waals surface area contributed by atoms with Crippen LogP contribution in [0.25, 0.3) is 0 Å². The van der Waals surface area contributed by atoms with Gasteiger partial charge in [0.2, 0.25) is 0 Å². The Balaban J connectivity index is 3.03. The van der Waals surface area contributed by atoms with E-state index in [0.717, 1.165) is 5.56 Å². The second-order valence-corrected chi connectivity index (χ2v) is 3.92. The van der Waals surface area contributed by atoms with Crippen LogP contribution in [0, 0.1) is 5.92 Å². The van der Waals surface area contributed by atoms with Crippen molar-refractivity contribution in [3.8, 4) is 11.5 Å². The van der Waals surface area contributed by atoms with Crippen molar-refractivity contribution in [1.82, 2.24) is 0 Å². The molecular formula is C12H20N2O2. The molecule has 1 unspecified atom stereocenters. The molecule has 0 aliphatic carbocycles. The van der Waals surface area contributed by atoms with E-state index in [2.05, 4.69) is 0 Å². The summed E-state index contributed by atoms with van der Waals surface area (Å²) in [5, 5.41) is 9.99. The molecule has 0 spiro atoms. The van der Waals surface area contributed by atoms with Crippen molar-refractivity contribution in [2.75, 3.05) is 20.2 Å². The number of hydrogen-bond donors (Lipinski definition) is 3. The number of benzene rings is 1. The maximum atomic E-state index is 9.99. The number of para-hydroxylation sites is 1. The van der Waals surface area contributed by atoms with Crippen LogP contribution in [0.1, 0.15) is 18.4 Å². The van der Waals surface area contributed by atoms with Gasteiger partial charge in [0.25, 0.3) is 0 Å². The molecule has 5 N–H and O–H groups in total. The van der Waals surface area contributed by atoms with Crippen molar-refractivity contribution in [3.05, 3.63) is 23.8 Å². The zero-order valence-corrected chi connectivity index (χ0v) is 9.81. The molecule has 0 radical (unpaired) electrons. The first kappa shape index (κ1) is 12.8. The highest BCUT2D eigenvalue weighted by Crippen LogP contribution is 2.36. The van der Waals surface area contributed by atoms with Crippen LogP contribution in [0.5, 0.6) is 11.5 Å². The van der Waals surface area contributed by atoms with Crippen LogP contribution in [0.15, 0.2) is 18.2 Å². The molecule has 16 heavy (non-hydrogen) atoms. The normalized spacial score (nSPS) is 12.8. The second kappa shape index (κ2) is 5.72. The van der Waals surface area contributed by atoms with E-state index in [0.29, 0.717) is 18.8 Å². The topological polar surface area (TPSA) is 81.5 Å². The second-order valence-electron chi connectivity index (χ2n) is 3.92. The maximum absolute atomic E-state index is 9.99. The molecule has 0 aliphatic heterocycles. The van der Waals surface area contributed by atoms with Gasteiger partial charge in [-0.25, -0.2) is 0 Å². The molecule has 1 rings (SSSR count). The Morgan fingerprint density at radius 2 is 1.94 bits per heavy atom. The van der Waals surface area contributed by atoms with Gasteiger partial charge in [-0.2, -0.15) is 0 Å². The first-order valence-electron chi connectivity index (χ1n) is 5.41. The molecule has 0 heterocycles. The number of nitrogens with two attached hydrogens (primary N) is 2. The number of hydrogen-bond acceptors (Lipinski definition) is 4. The summed E-state index contributed by atoms with van der Waals surface area (Å²) in [4.78, 5) is 0. The third-order valence-corrected chi connectivity index (χ3v) is 3.05. The van der Waals surface area contributed by atoms with Crippen LogP contribution < -0.4 is 16.2 Å². The number of phenols is 1. The Morgan fingerprint density at radius 1 is 1.31 bits per heavy atom. The number of methoxy groups -OCH3 is 1. The summed E-state index contributed by atoms with van der Waals surface area (Å²) in [6.07, 6.45) is 0. The van der Waals surface area contributed by atoms with Gasteiger partial charge in [-0.15, -0.1) is 0 Å². The van der Waals surface area contributed by atoms with Crippen molar-refractivity contribution in [1.29, 1.82) is 0 Å². The van der Waals surface area contributed by atoms with E-state index in [-0.39, 0.29) is 17.6 Å². The SMILES string of the molecule is COc1cccc(C(C)C(CN)CN)c1O. The molecule has 0 saturated heterocycles. The summed E-state index contributed by atoms with van der Waals surface area (Å²) < 4.78 is 5.07. The van der Waals surface area contributed by atoms with Gasteiger partial charge in [-0.3, -0.25) is 0 Å². The molecule has 0 saturated carbocycles. The summed E-state index contributed by atoms with van der Waals surface area (Å²) in [5.41, 5.74) is 12.1. The Labute approximate surface area is 96.2 Å². The average molecular weight is 224 g/mol. The van der Waals surface area contributed by atoms with Crippen molar-refractivity contribution in [2.24, 2.45) is 17.4 Å². The molecule has 0 bridgehead atoms. The van der Waals surface area contributed by atoms with E-state index < -0.39 is 0 Å². The Kier molecular flexibility index (Phi) is 4.58. The lowest BCUT2D eigenvalue weighted by Gasteiger charge is -2.22. The van der Waals surface area contributed by atoms with Crippen LogP contribution in [-0.2, 0) is 0 Å². The Hall–Kier alpha value is -1.26. The Morgan fingerprint density at radius 3 is 2.44 bits per heavy atom. The smallest absolute Gasteiger partial charge is 0.161 e. The average Bonchev–Trinajstić information content (AvgIpc) is 2.30. The minimum absolute atomic E-state index is 0.116. The molecule has 1 aromatic carbocycles. The molecule has 0 aliphatic rings. The van der Waals surface area contributed by atoms with E-state index >= 15 is 0 Å². The summed E-state index contributed by atoms with van der Waals surface area (Å²) >= 11 is 0. The molecule has 0 amide bonds. The number of ether oxygens (including phenoxy) is 1. The van der Waals surface area contributed by atoms with Crippen LogP contribution in [0.3, 0.4) is 0 Å². The summed E-state index contributed by atoms with van der Waals surface area (Å²) in [5.74, 6) is 0.949. The molecule has 90 valence electrons. The van der Waals surface area contributed by atoms with Gasteiger partial charge in [-0.1, -0.05) is 19.1 Å². The van der Waals surface area contributed by atoms with E-state index in [1.807, 2.05) is 19.1 Å². The Bertz CT molecular complexity index is 338. The van der Waals surface area contributed by atoms with Crippen LogP contribution in [0.4, 0.5) is 0 Å². The minimum atomic E-state index is 0.116. The summed E-state index contributed by atoms with van der Waals surface area (Å²) in [6, 6.07) is 5.46. The fourth-order valence-corrected chi connectivity index (χ4v) is 1.83.